The number of esters is 1. The molecule has 0 aromatic heterocycles. The first-order valence-corrected chi connectivity index (χ1v) is 4.57. The number of primary amides is 1. The molecule has 70 valence electrons. The summed E-state index contributed by atoms with van der Waals surface area (Å²) < 4.78 is 4.07. The smallest absolute Gasteiger partial charge is 0.375 e. The molecule has 0 aliphatic carbocycles. The Morgan fingerprint density at radius 3 is 2.58 bits per heavy atom. The van der Waals surface area contributed by atoms with E-state index in [0.29, 0.717) is 5.75 Å². The summed E-state index contributed by atoms with van der Waals surface area (Å²) >= 11 is 1.49. The molecule has 0 aromatic carbocycles. The molecular formula is C6H12N2O3S. The van der Waals surface area contributed by atoms with Crippen LogP contribution in [0.15, 0.2) is 0 Å². The van der Waals surface area contributed by atoms with Crippen LogP contribution in [-0.4, -0.2) is 29.6 Å². The van der Waals surface area contributed by atoms with Gasteiger partial charge in [0.1, 0.15) is 6.04 Å². The second kappa shape index (κ2) is 5.84. The fraction of sp³-hybridized carbons (Fsp3) is 0.667. The van der Waals surface area contributed by atoms with Crippen molar-refractivity contribution in [2.24, 2.45) is 11.5 Å². The second-order valence-corrected chi connectivity index (χ2v) is 3.33. The lowest BCUT2D eigenvalue weighted by molar-refractivity contribution is -0.137. The molecule has 0 heterocycles. The maximum Gasteiger partial charge on any atom is 0.412 e. The summed E-state index contributed by atoms with van der Waals surface area (Å²) in [7, 11) is 0. The number of nitrogens with two attached hydrogens (primary N) is 2. The summed E-state index contributed by atoms with van der Waals surface area (Å²) in [6.07, 6.45) is -1.11. The van der Waals surface area contributed by atoms with Crippen molar-refractivity contribution in [2.45, 2.75) is 13.0 Å². The van der Waals surface area contributed by atoms with Gasteiger partial charge in [0.05, 0.1) is 0 Å². The van der Waals surface area contributed by atoms with Crippen molar-refractivity contribution in [3.05, 3.63) is 0 Å². The second-order valence-electron chi connectivity index (χ2n) is 2.01. The van der Waals surface area contributed by atoms with Gasteiger partial charge in [-0.3, -0.25) is 0 Å². The van der Waals surface area contributed by atoms with Gasteiger partial charge in [-0.15, -0.1) is 0 Å². The highest BCUT2D eigenvalue weighted by Gasteiger charge is 2.16. The minimum absolute atomic E-state index is 0.433. The third-order valence-corrected chi connectivity index (χ3v) is 2.01. The van der Waals surface area contributed by atoms with E-state index in [1.165, 1.54) is 11.8 Å². The van der Waals surface area contributed by atoms with E-state index in [-0.39, 0.29) is 0 Å². The van der Waals surface area contributed by atoms with Crippen LogP contribution in [0.5, 0.6) is 0 Å². The fourth-order valence-electron chi connectivity index (χ4n) is 0.488. The Morgan fingerprint density at radius 1 is 1.58 bits per heavy atom. The SMILES string of the molecule is CCSC[C@H](N)C(=O)OC(N)=O. The van der Waals surface area contributed by atoms with Crippen molar-refractivity contribution in [3.63, 3.8) is 0 Å². The molecule has 0 bridgehead atoms. The van der Waals surface area contributed by atoms with E-state index < -0.39 is 18.1 Å². The zero-order chi connectivity index (χ0) is 9.56. The lowest BCUT2D eigenvalue weighted by Crippen LogP contribution is -2.37. The van der Waals surface area contributed by atoms with Gasteiger partial charge in [0, 0.05) is 5.75 Å². The van der Waals surface area contributed by atoms with Gasteiger partial charge in [-0.2, -0.15) is 11.8 Å². The predicted molar refractivity (Wildman–Crippen MR) is 46.6 cm³/mol. The normalized spacial score (nSPS) is 12.2. The number of thioether (sulfide) groups is 1. The van der Waals surface area contributed by atoms with Gasteiger partial charge in [-0.05, 0) is 5.75 Å². The molecule has 0 saturated heterocycles. The molecule has 0 aromatic rings. The van der Waals surface area contributed by atoms with E-state index >= 15 is 0 Å². The molecule has 1 atom stereocenters. The molecule has 1 amide bonds. The molecule has 0 unspecified atom stereocenters. The highest BCUT2D eigenvalue weighted by atomic mass is 32.2. The van der Waals surface area contributed by atoms with E-state index in [4.69, 9.17) is 5.73 Å². The number of carbonyl (C=O) groups excluding carboxylic acids is 2. The van der Waals surface area contributed by atoms with Crippen LogP contribution in [-0.2, 0) is 9.53 Å². The summed E-state index contributed by atoms with van der Waals surface area (Å²) in [4.78, 5) is 20.9. The highest BCUT2D eigenvalue weighted by molar-refractivity contribution is 7.99. The average molecular weight is 192 g/mol. The highest BCUT2D eigenvalue weighted by Crippen LogP contribution is 2.01. The minimum Gasteiger partial charge on any atom is -0.375 e. The molecule has 0 saturated carbocycles. The average Bonchev–Trinajstić information content (AvgIpc) is 1.98. The van der Waals surface area contributed by atoms with Crippen molar-refractivity contribution in [2.75, 3.05) is 11.5 Å². The van der Waals surface area contributed by atoms with Gasteiger partial charge in [0.25, 0.3) is 0 Å². The fourth-order valence-corrected chi connectivity index (χ4v) is 1.11. The zero-order valence-electron chi connectivity index (χ0n) is 6.78. The molecule has 0 aliphatic heterocycles. The van der Waals surface area contributed by atoms with Crippen LogP contribution >= 0.6 is 11.8 Å². The number of ether oxygens (including phenoxy) is 1. The number of hydrogen-bond acceptors (Lipinski definition) is 5. The van der Waals surface area contributed by atoms with E-state index in [2.05, 4.69) is 10.5 Å². The van der Waals surface area contributed by atoms with Gasteiger partial charge >= 0.3 is 12.1 Å². The van der Waals surface area contributed by atoms with Crippen molar-refractivity contribution < 1.29 is 14.3 Å². The summed E-state index contributed by atoms with van der Waals surface area (Å²) in [5.74, 6) is 0.517. The number of hydrogen-bond donors (Lipinski definition) is 2. The Balaban J connectivity index is 3.69. The van der Waals surface area contributed by atoms with Crippen LogP contribution in [0.2, 0.25) is 0 Å². The lowest BCUT2D eigenvalue weighted by Gasteiger charge is -2.07. The maximum absolute atomic E-state index is 10.8. The van der Waals surface area contributed by atoms with Gasteiger partial charge in [-0.1, -0.05) is 6.92 Å². The standard InChI is InChI=1S/C6H12N2O3S/c1-2-12-3-4(7)5(9)11-6(8)10/h4H,2-3,7H2,1H3,(H2,8,10)/t4-/m0/s1. The summed E-state index contributed by atoms with van der Waals surface area (Å²) in [5, 5.41) is 0. The summed E-state index contributed by atoms with van der Waals surface area (Å²) in [6.45, 7) is 1.94. The molecule has 0 fully saturated rings. The third kappa shape index (κ3) is 4.97. The Morgan fingerprint density at radius 2 is 2.17 bits per heavy atom. The van der Waals surface area contributed by atoms with E-state index in [0.717, 1.165) is 5.75 Å². The van der Waals surface area contributed by atoms with Gasteiger partial charge in [-0.25, -0.2) is 9.59 Å². The van der Waals surface area contributed by atoms with Crippen LogP contribution < -0.4 is 11.5 Å². The van der Waals surface area contributed by atoms with Crippen molar-refractivity contribution >= 4 is 23.8 Å². The molecule has 12 heavy (non-hydrogen) atoms. The maximum atomic E-state index is 10.8. The minimum atomic E-state index is -1.11. The van der Waals surface area contributed by atoms with Gasteiger partial charge in [0.2, 0.25) is 0 Å². The van der Waals surface area contributed by atoms with Crippen molar-refractivity contribution in [3.8, 4) is 0 Å². The number of carbonyl (C=O) groups is 2. The first kappa shape index (κ1) is 11.2. The van der Waals surface area contributed by atoms with E-state index in [1.807, 2.05) is 6.92 Å². The first-order valence-electron chi connectivity index (χ1n) is 3.42. The molecule has 0 spiro atoms. The Kier molecular flexibility index (Phi) is 5.48. The predicted octanol–water partition coefficient (Wildman–Crippen LogP) is -0.311. The quantitative estimate of drug-likeness (QED) is 0.470. The Hall–Kier alpha value is -0.750. The Bertz CT molecular complexity index is 174. The molecule has 0 rings (SSSR count). The van der Waals surface area contributed by atoms with Gasteiger partial charge in [0.15, 0.2) is 0 Å². The number of amides is 1. The topological polar surface area (TPSA) is 95.4 Å². The zero-order valence-corrected chi connectivity index (χ0v) is 7.60. The van der Waals surface area contributed by atoms with Crippen LogP contribution in [0.1, 0.15) is 6.92 Å². The largest absolute Gasteiger partial charge is 0.412 e. The summed E-state index contributed by atoms with van der Waals surface area (Å²) in [6, 6.07) is -0.776. The molecule has 6 heteroatoms. The molecule has 0 radical (unpaired) electrons. The molecule has 5 nitrogen and oxygen atoms in total. The number of rotatable bonds is 4. The van der Waals surface area contributed by atoms with Crippen LogP contribution in [0.4, 0.5) is 4.79 Å². The van der Waals surface area contributed by atoms with E-state index in [1.54, 1.807) is 0 Å². The van der Waals surface area contributed by atoms with Crippen LogP contribution in [0.25, 0.3) is 0 Å². The van der Waals surface area contributed by atoms with Crippen molar-refractivity contribution in [1.82, 2.24) is 0 Å². The van der Waals surface area contributed by atoms with Crippen LogP contribution in [0.3, 0.4) is 0 Å². The molecule has 4 N–H and O–H groups in total. The lowest BCUT2D eigenvalue weighted by atomic mass is 10.4. The van der Waals surface area contributed by atoms with E-state index in [9.17, 15) is 9.59 Å². The summed E-state index contributed by atoms with van der Waals surface area (Å²) in [5.41, 5.74) is 9.96. The monoisotopic (exact) mass is 192 g/mol. The van der Waals surface area contributed by atoms with Crippen molar-refractivity contribution in [1.29, 1.82) is 0 Å². The first-order chi connectivity index (χ1) is 5.57. The Labute approximate surface area is 74.8 Å². The van der Waals surface area contributed by atoms with Crippen LogP contribution in [0, 0.1) is 0 Å². The van der Waals surface area contributed by atoms with Gasteiger partial charge < -0.3 is 16.2 Å². The molecular weight excluding hydrogens is 180 g/mol. The molecule has 0 aliphatic rings. The third-order valence-electron chi connectivity index (χ3n) is 1.01.